The van der Waals surface area contributed by atoms with Gasteiger partial charge in [-0.1, -0.05) is 18.2 Å². The lowest BCUT2D eigenvalue weighted by Crippen LogP contribution is -2.32. The molecule has 2 aliphatic heterocycles. The SMILES string of the molecule is C#CCc1cccc2c1C(=O)OC21c2ccc(O)cc2Oc2cc(O)ccc21. The maximum absolute atomic E-state index is 13.0. The zero-order valence-electron chi connectivity index (χ0n) is 14.6. The van der Waals surface area contributed by atoms with Crippen LogP contribution in [-0.2, 0) is 16.8 Å². The van der Waals surface area contributed by atoms with Gasteiger partial charge in [-0.15, -0.1) is 12.3 Å². The molecular formula is C23H14O5. The largest absolute Gasteiger partial charge is 0.508 e. The molecule has 3 aromatic rings. The van der Waals surface area contributed by atoms with Crippen molar-refractivity contribution in [2.45, 2.75) is 12.0 Å². The molecule has 2 heterocycles. The molecule has 0 atom stereocenters. The molecule has 0 radical (unpaired) electrons. The minimum Gasteiger partial charge on any atom is -0.508 e. The first-order valence-electron chi connectivity index (χ1n) is 8.68. The Labute approximate surface area is 160 Å². The van der Waals surface area contributed by atoms with E-state index in [0.717, 1.165) is 0 Å². The van der Waals surface area contributed by atoms with Crippen LogP contribution in [-0.4, -0.2) is 16.2 Å². The second-order valence-corrected chi connectivity index (χ2v) is 6.75. The Morgan fingerprint density at radius 3 is 2.18 bits per heavy atom. The summed E-state index contributed by atoms with van der Waals surface area (Å²) in [6.45, 7) is 0. The maximum atomic E-state index is 13.0. The van der Waals surface area contributed by atoms with Crippen molar-refractivity contribution >= 4 is 5.97 Å². The lowest BCUT2D eigenvalue weighted by atomic mass is 9.77. The number of rotatable bonds is 1. The van der Waals surface area contributed by atoms with Gasteiger partial charge in [-0.2, -0.15) is 0 Å². The summed E-state index contributed by atoms with van der Waals surface area (Å²) < 4.78 is 11.9. The van der Waals surface area contributed by atoms with E-state index in [1.807, 2.05) is 18.2 Å². The van der Waals surface area contributed by atoms with Crippen LogP contribution in [0.1, 0.15) is 32.6 Å². The minimum atomic E-state index is -1.25. The van der Waals surface area contributed by atoms with Gasteiger partial charge in [0.05, 0.1) is 5.56 Å². The molecule has 0 amide bonds. The molecule has 5 rings (SSSR count). The molecule has 0 unspecified atom stereocenters. The van der Waals surface area contributed by atoms with E-state index in [-0.39, 0.29) is 11.5 Å². The van der Waals surface area contributed by atoms with Gasteiger partial charge in [0.1, 0.15) is 23.0 Å². The van der Waals surface area contributed by atoms with Gasteiger partial charge in [0, 0.05) is 35.2 Å². The Balaban J connectivity index is 1.89. The number of ether oxygens (including phenoxy) is 2. The number of benzene rings is 3. The molecule has 0 saturated carbocycles. The molecule has 2 aliphatic rings. The van der Waals surface area contributed by atoms with Crippen LogP contribution >= 0.6 is 0 Å². The molecule has 0 bridgehead atoms. The smallest absolute Gasteiger partial charge is 0.340 e. The average Bonchev–Trinajstić information content (AvgIpc) is 2.96. The van der Waals surface area contributed by atoms with Crippen LogP contribution in [0.4, 0.5) is 0 Å². The number of carbonyl (C=O) groups excluding carboxylic acids is 1. The summed E-state index contributed by atoms with van der Waals surface area (Å²) >= 11 is 0. The van der Waals surface area contributed by atoms with Crippen LogP contribution in [0.15, 0.2) is 54.6 Å². The monoisotopic (exact) mass is 370 g/mol. The lowest BCUT2D eigenvalue weighted by molar-refractivity contribution is 0.0224. The van der Waals surface area contributed by atoms with Crippen molar-refractivity contribution in [2.24, 2.45) is 0 Å². The Bertz CT molecular complexity index is 1150. The highest BCUT2D eigenvalue weighted by Gasteiger charge is 2.54. The van der Waals surface area contributed by atoms with Gasteiger partial charge in [-0.25, -0.2) is 4.79 Å². The predicted octanol–water partition coefficient (Wildman–Crippen LogP) is 3.84. The third-order valence-electron chi connectivity index (χ3n) is 5.18. The van der Waals surface area contributed by atoms with Gasteiger partial charge in [-0.05, 0) is 29.8 Å². The maximum Gasteiger partial charge on any atom is 0.340 e. The summed E-state index contributed by atoms with van der Waals surface area (Å²) in [6.07, 6.45) is 5.78. The van der Waals surface area contributed by atoms with E-state index in [1.165, 1.54) is 24.3 Å². The van der Waals surface area contributed by atoms with Crippen molar-refractivity contribution in [3.05, 3.63) is 82.4 Å². The fourth-order valence-electron chi connectivity index (χ4n) is 4.07. The number of carbonyl (C=O) groups is 1. The predicted molar refractivity (Wildman–Crippen MR) is 101 cm³/mol. The highest BCUT2D eigenvalue weighted by Crippen LogP contribution is 2.57. The first-order valence-corrected chi connectivity index (χ1v) is 8.68. The third kappa shape index (κ3) is 2.00. The van der Waals surface area contributed by atoms with Crippen molar-refractivity contribution in [3.63, 3.8) is 0 Å². The number of terminal acetylenes is 1. The topological polar surface area (TPSA) is 76.0 Å². The van der Waals surface area contributed by atoms with Gasteiger partial charge in [0.15, 0.2) is 5.60 Å². The zero-order chi connectivity index (χ0) is 19.5. The number of phenolic OH excluding ortho intramolecular Hbond substituents is 2. The van der Waals surface area contributed by atoms with Crippen LogP contribution < -0.4 is 4.74 Å². The molecule has 3 aromatic carbocycles. The van der Waals surface area contributed by atoms with Gasteiger partial charge < -0.3 is 19.7 Å². The van der Waals surface area contributed by atoms with Crippen LogP contribution in [0.5, 0.6) is 23.0 Å². The van der Waals surface area contributed by atoms with Crippen molar-refractivity contribution in [1.82, 2.24) is 0 Å². The first-order chi connectivity index (χ1) is 13.5. The van der Waals surface area contributed by atoms with E-state index in [1.54, 1.807) is 12.1 Å². The Hall–Kier alpha value is -3.91. The van der Waals surface area contributed by atoms with Crippen molar-refractivity contribution < 1.29 is 24.5 Å². The number of esters is 1. The van der Waals surface area contributed by atoms with Crippen LogP contribution in [0.2, 0.25) is 0 Å². The standard InChI is InChI=1S/C23H14O5/c1-2-4-13-5-3-6-18-21(13)22(26)28-23(18)16-9-7-14(24)11-19(16)27-20-12-15(25)8-10-17(20)23/h1,3,5-12,24-25H,4H2. The summed E-state index contributed by atoms with van der Waals surface area (Å²) in [5.41, 5.74) is 1.75. The molecular weight excluding hydrogens is 356 g/mol. The van der Waals surface area contributed by atoms with Gasteiger partial charge in [0.25, 0.3) is 0 Å². The normalized spacial score (nSPS) is 15.0. The highest BCUT2D eigenvalue weighted by atomic mass is 16.6. The molecule has 0 aliphatic carbocycles. The Kier molecular flexibility index (Phi) is 3.22. The molecule has 28 heavy (non-hydrogen) atoms. The van der Waals surface area contributed by atoms with E-state index in [4.69, 9.17) is 15.9 Å². The number of phenols is 2. The molecule has 5 nitrogen and oxygen atoms in total. The number of hydrogen-bond acceptors (Lipinski definition) is 5. The van der Waals surface area contributed by atoms with Crippen LogP contribution in [0.25, 0.3) is 0 Å². The summed E-state index contributed by atoms with van der Waals surface area (Å²) in [7, 11) is 0. The lowest BCUT2D eigenvalue weighted by Gasteiger charge is -2.36. The van der Waals surface area contributed by atoms with Gasteiger partial charge in [-0.3, -0.25) is 0 Å². The molecule has 136 valence electrons. The average molecular weight is 370 g/mol. The van der Waals surface area contributed by atoms with E-state index >= 15 is 0 Å². The highest BCUT2D eigenvalue weighted by molar-refractivity contribution is 5.98. The van der Waals surface area contributed by atoms with Crippen molar-refractivity contribution in [3.8, 4) is 35.3 Å². The summed E-state index contributed by atoms with van der Waals surface area (Å²) in [4.78, 5) is 13.0. The van der Waals surface area contributed by atoms with E-state index < -0.39 is 11.6 Å². The molecule has 0 saturated heterocycles. The first kappa shape index (κ1) is 16.3. The molecule has 0 fully saturated rings. The Morgan fingerprint density at radius 1 is 0.929 bits per heavy atom. The number of hydrogen-bond donors (Lipinski definition) is 2. The van der Waals surface area contributed by atoms with E-state index in [0.29, 0.717) is 45.7 Å². The number of aromatic hydroxyl groups is 2. The third-order valence-corrected chi connectivity index (χ3v) is 5.18. The van der Waals surface area contributed by atoms with Crippen LogP contribution in [0.3, 0.4) is 0 Å². The van der Waals surface area contributed by atoms with E-state index in [2.05, 4.69) is 5.92 Å². The summed E-state index contributed by atoms with van der Waals surface area (Å²) in [5.74, 6) is 2.84. The second-order valence-electron chi connectivity index (χ2n) is 6.75. The van der Waals surface area contributed by atoms with E-state index in [9.17, 15) is 15.0 Å². The number of fused-ring (bicyclic) bond motifs is 6. The van der Waals surface area contributed by atoms with Crippen molar-refractivity contribution in [2.75, 3.05) is 0 Å². The molecule has 5 heteroatoms. The van der Waals surface area contributed by atoms with Crippen LogP contribution in [0, 0.1) is 12.3 Å². The van der Waals surface area contributed by atoms with Crippen molar-refractivity contribution in [1.29, 1.82) is 0 Å². The molecule has 2 N–H and O–H groups in total. The second kappa shape index (κ2) is 5.54. The molecule has 1 spiro atoms. The van der Waals surface area contributed by atoms with Gasteiger partial charge in [0.2, 0.25) is 0 Å². The fraction of sp³-hybridized carbons (Fsp3) is 0.0870. The molecule has 0 aromatic heterocycles. The summed E-state index contributed by atoms with van der Waals surface area (Å²) in [5, 5.41) is 19.8. The zero-order valence-corrected chi connectivity index (χ0v) is 14.6. The minimum absolute atomic E-state index is 0.0168. The fourth-order valence-corrected chi connectivity index (χ4v) is 4.07. The summed E-state index contributed by atoms with van der Waals surface area (Å²) in [6, 6.07) is 14.8. The van der Waals surface area contributed by atoms with Gasteiger partial charge >= 0.3 is 5.97 Å². The quantitative estimate of drug-likeness (QED) is 0.503. The Morgan fingerprint density at radius 2 is 1.57 bits per heavy atom.